The smallest absolute Gasteiger partial charge is 0.374 e. The van der Waals surface area contributed by atoms with Crippen LogP contribution >= 0.6 is 0 Å². The molecule has 0 bridgehead atoms. The van der Waals surface area contributed by atoms with Gasteiger partial charge >= 0.3 is 24.4 Å². The highest BCUT2D eigenvalue weighted by Gasteiger charge is 2.72. The predicted octanol–water partition coefficient (Wildman–Crippen LogP) is 8.11. The van der Waals surface area contributed by atoms with Gasteiger partial charge in [-0.15, -0.1) is 0 Å². The van der Waals surface area contributed by atoms with Crippen LogP contribution < -0.4 is 0 Å². The molecule has 4 atom stereocenters. The van der Waals surface area contributed by atoms with E-state index in [9.17, 15) is 53.4 Å². The molecule has 1 nitrogen and oxygen atoms in total. The molecule has 2 saturated carbocycles. The first-order chi connectivity index (χ1) is 15.0. The van der Waals surface area contributed by atoms with E-state index in [4.69, 9.17) is 0 Å². The molecular weight excluding hydrogens is 477 g/mol. The van der Waals surface area contributed by atoms with Crippen LogP contribution in [0.25, 0.3) is 0 Å². The van der Waals surface area contributed by atoms with Crippen LogP contribution in [0.15, 0.2) is 24.1 Å². The number of fused-ring (bicyclic) bond motifs is 1. The number of allylic oxidation sites excluding steroid dienone is 3. The molecule has 0 amide bonds. The van der Waals surface area contributed by atoms with E-state index in [2.05, 4.69) is 0 Å². The summed E-state index contributed by atoms with van der Waals surface area (Å²) < 4.78 is 145. The van der Waals surface area contributed by atoms with Gasteiger partial charge in [0.15, 0.2) is 0 Å². The third kappa shape index (κ3) is 6.22. The minimum absolute atomic E-state index is 0.166. The maximum Gasteiger partial charge on any atom is 0.426 e. The van der Waals surface area contributed by atoms with Crippen molar-refractivity contribution in [3.8, 4) is 0 Å². The Bertz CT molecular complexity index is 705. The van der Waals surface area contributed by atoms with E-state index in [-0.39, 0.29) is 5.92 Å². The lowest BCUT2D eigenvalue weighted by Crippen LogP contribution is -2.59. The number of aliphatic hydroxyl groups is 1. The second-order valence-corrected chi connectivity index (χ2v) is 9.00. The Morgan fingerprint density at radius 1 is 0.818 bits per heavy atom. The zero-order valence-electron chi connectivity index (χ0n) is 17.4. The van der Waals surface area contributed by atoms with Crippen molar-refractivity contribution in [1.82, 2.24) is 0 Å². The Kier molecular flexibility index (Phi) is 8.55. The molecule has 2 fully saturated rings. The topological polar surface area (TPSA) is 20.2 Å². The van der Waals surface area contributed by atoms with E-state index in [0.717, 1.165) is 38.2 Å². The molecule has 0 aromatic heterocycles. The fourth-order valence-electron chi connectivity index (χ4n) is 4.93. The molecule has 0 spiro atoms. The van der Waals surface area contributed by atoms with Crippen LogP contribution in [0, 0.1) is 23.7 Å². The number of halogens is 11. The standard InChI is InChI=1S/C21H25F11O/c22-16(17(23)24)19(25,26)15(11-18(33,20(27,28)29)21(30,31)32)7-3-4-12-8-9-13-5-1-2-6-14(13)10-12/h3-4,12-15,33H,1-2,5-11H2. The van der Waals surface area contributed by atoms with Crippen LogP contribution in [0.2, 0.25) is 0 Å². The highest BCUT2D eigenvalue weighted by molar-refractivity contribution is 5.11. The molecule has 0 heterocycles. The van der Waals surface area contributed by atoms with Crippen LogP contribution in [-0.2, 0) is 0 Å². The first kappa shape index (κ1) is 27.9. The van der Waals surface area contributed by atoms with Crippen molar-refractivity contribution >= 4 is 0 Å². The van der Waals surface area contributed by atoms with Gasteiger partial charge in [0, 0.05) is 12.3 Å². The average molecular weight is 502 g/mol. The van der Waals surface area contributed by atoms with E-state index in [1.54, 1.807) is 0 Å². The fourth-order valence-corrected chi connectivity index (χ4v) is 4.93. The zero-order valence-corrected chi connectivity index (χ0v) is 17.4. The Morgan fingerprint density at radius 2 is 1.36 bits per heavy atom. The van der Waals surface area contributed by atoms with Crippen molar-refractivity contribution in [1.29, 1.82) is 0 Å². The van der Waals surface area contributed by atoms with E-state index in [1.807, 2.05) is 0 Å². The zero-order chi connectivity index (χ0) is 25.2. The van der Waals surface area contributed by atoms with Crippen LogP contribution in [0.5, 0.6) is 0 Å². The third-order valence-electron chi connectivity index (χ3n) is 6.86. The molecule has 2 aliphatic rings. The summed E-state index contributed by atoms with van der Waals surface area (Å²) in [6.45, 7) is 0. The van der Waals surface area contributed by atoms with Gasteiger partial charge in [-0.3, -0.25) is 0 Å². The van der Waals surface area contributed by atoms with Crippen molar-refractivity contribution in [3.05, 3.63) is 24.1 Å². The van der Waals surface area contributed by atoms with Crippen molar-refractivity contribution in [2.24, 2.45) is 23.7 Å². The fraction of sp³-hybridized carbons (Fsp3) is 0.810. The molecular formula is C21H25F11O. The van der Waals surface area contributed by atoms with Gasteiger partial charge in [-0.25, -0.2) is 0 Å². The predicted molar refractivity (Wildman–Crippen MR) is 97.0 cm³/mol. The van der Waals surface area contributed by atoms with Crippen molar-refractivity contribution in [2.45, 2.75) is 81.7 Å². The molecule has 0 aromatic rings. The van der Waals surface area contributed by atoms with Crippen LogP contribution in [0.3, 0.4) is 0 Å². The van der Waals surface area contributed by atoms with Gasteiger partial charge in [0.2, 0.25) is 5.83 Å². The summed E-state index contributed by atoms with van der Waals surface area (Å²) in [6, 6.07) is 0. The molecule has 0 saturated heterocycles. The minimum Gasteiger partial charge on any atom is -0.374 e. The number of alkyl halides is 8. The van der Waals surface area contributed by atoms with Gasteiger partial charge in [0.05, 0.1) is 0 Å². The monoisotopic (exact) mass is 502 g/mol. The molecule has 192 valence electrons. The molecule has 1 N–H and O–H groups in total. The van der Waals surface area contributed by atoms with E-state index >= 15 is 0 Å². The maximum atomic E-state index is 14.2. The van der Waals surface area contributed by atoms with Gasteiger partial charge in [0.1, 0.15) is 0 Å². The third-order valence-corrected chi connectivity index (χ3v) is 6.86. The second-order valence-electron chi connectivity index (χ2n) is 9.00. The first-order valence-corrected chi connectivity index (χ1v) is 10.6. The minimum atomic E-state index is -6.45. The lowest BCUT2D eigenvalue weighted by molar-refractivity contribution is -0.375. The lowest BCUT2D eigenvalue weighted by Gasteiger charge is -2.38. The molecule has 2 rings (SSSR count). The van der Waals surface area contributed by atoms with Crippen LogP contribution in [-0.4, -0.2) is 29.0 Å². The largest absolute Gasteiger partial charge is 0.426 e. The van der Waals surface area contributed by atoms with Crippen molar-refractivity contribution in [2.75, 3.05) is 0 Å². The van der Waals surface area contributed by atoms with Crippen LogP contribution in [0.4, 0.5) is 48.3 Å². The summed E-state index contributed by atoms with van der Waals surface area (Å²) in [5.74, 6) is -11.3. The highest BCUT2D eigenvalue weighted by Crippen LogP contribution is 2.51. The van der Waals surface area contributed by atoms with E-state index in [0.29, 0.717) is 24.7 Å². The first-order valence-electron chi connectivity index (χ1n) is 10.6. The van der Waals surface area contributed by atoms with Gasteiger partial charge in [0.25, 0.3) is 5.60 Å². The highest BCUT2D eigenvalue weighted by atomic mass is 19.4. The molecule has 2 aliphatic carbocycles. The molecule has 4 unspecified atom stereocenters. The SMILES string of the molecule is OC(CC(CC=CC1CCC2CCCCC2C1)C(F)(F)C(F)=C(F)F)(C(F)(F)F)C(F)(F)F. The summed E-state index contributed by atoms with van der Waals surface area (Å²) in [5, 5.41) is 9.28. The maximum absolute atomic E-state index is 14.2. The normalized spacial score (nSPS) is 26.2. The summed E-state index contributed by atoms with van der Waals surface area (Å²) in [5.41, 5.74) is -5.63. The Hall–Kier alpha value is -1.33. The number of rotatable bonds is 7. The summed E-state index contributed by atoms with van der Waals surface area (Å²) in [7, 11) is 0. The molecule has 0 aliphatic heterocycles. The van der Waals surface area contributed by atoms with E-state index < -0.39 is 54.5 Å². The summed E-state index contributed by atoms with van der Waals surface area (Å²) in [4.78, 5) is 0. The number of hydrogen-bond acceptors (Lipinski definition) is 1. The van der Waals surface area contributed by atoms with Crippen molar-refractivity contribution < 1.29 is 53.4 Å². The second kappa shape index (κ2) is 10.1. The summed E-state index contributed by atoms with van der Waals surface area (Å²) >= 11 is 0. The van der Waals surface area contributed by atoms with Gasteiger partial charge in [-0.1, -0.05) is 37.8 Å². The molecule has 33 heavy (non-hydrogen) atoms. The Morgan fingerprint density at radius 3 is 1.88 bits per heavy atom. The average Bonchev–Trinajstić information content (AvgIpc) is 2.70. The van der Waals surface area contributed by atoms with Gasteiger partial charge in [-0.2, -0.15) is 48.3 Å². The van der Waals surface area contributed by atoms with Crippen LogP contribution in [0.1, 0.15) is 57.8 Å². The van der Waals surface area contributed by atoms with E-state index in [1.165, 1.54) is 6.08 Å². The quantitative estimate of drug-likeness (QED) is 0.275. The Labute approximate surface area is 183 Å². The van der Waals surface area contributed by atoms with Gasteiger partial charge in [-0.05, 0) is 43.4 Å². The molecule has 0 radical (unpaired) electrons. The van der Waals surface area contributed by atoms with Gasteiger partial charge < -0.3 is 5.11 Å². The molecule has 0 aromatic carbocycles. The Balaban J connectivity index is 2.26. The number of hydrogen-bond donors (Lipinski definition) is 1. The lowest BCUT2D eigenvalue weighted by atomic mass is 9.67. The summed E-state index contributed by atoms with van der Waals surface area (Å²) in [6.07, 6.45) is -11.9. The van der Waals surface area contributed by atoms with Crippen molar-refractivity contribution in [3.63, 3.8) is 0 Å². The molecule has 12 heteroatoms.